The normalized spacial score (nSPS) is 27.3. The van der Waals surface area contributed by atoms with Crippen LogP contribution in [0.1, 0.15) is 73.6 Å². The summed E-state index contributed by atoms with van der Waals surface area (Å²) >= 11 is 0. The van der Waals surface area contributed by atoms with E-state index in [9.17, 15) is 48.0 Å². The van der Waals surface area contributed by atoms with Gasteiger partial charge in [-0.15, -0.1) is 0 Å². The number of amides is 1. The number of nitrogens with one attached hydrogen (secondary N) is 1. The van der Waals surface area contributed by atoms with E-state index in [2.05, 4.69) is 5.32 Å². The Morgan fingerprint density at radius 3 is 2.34 bits per heavy atom. The maximum atomic E-state index is 14.5. The molecule has 41 heavy (non-hydrogen) atoms. The zero-order valence-electron chi connectivity index (χ0n) is 22.3. The molecule has 0 bridgehead atoms. The molecule has 0 radical (unpaired) electrons. The molecule has 1 unspecified atom stereocenters. The topological polar surface area (TPSA) is 170 Å². The fourth-order valence-corrected chi connectivity index (χ4v) is 7.23. The van der Waals surface area contributed by atoms with Crippen LogP contribution in [0, 0.1) is 17.8 Å². The van der Waals surface area contributed by atoms with E-state index in [4.69, 9.17) is 5.73 Å². The predicted octanol–water partition coefficient (Wildman–Crippen LogP) is 3.50. The van der Waals surface area contributed by atoms with Gasteiger partial charge in [0.25, 0.3) is 5.91 Å². The summed E-state index contributed by atoms with van der Waals surface area (Å²) in [6.45, 7) is 0.360. The summed E-state index contributed by atoms with van der Waals surface area (Å²) in [6.07, 6.45) is 0.367. The second-order valence-corrected chi connectivity index (χ2v) is 11.7. The minimum Gasteiger partial charge on any atom is -0.508 e. The number of rotatable bonds is 5. The van der Waals surface area contributed by atoms with Crippen molar-refractivity contribution in [2.45, 2.75) is 76.1 Å². The van der Waals surface area contributed by atoms with Crippen LogP contribution < -0.4 is 11.1 Å². The van der Waals surface area contributed by atoms with E-state index in [0.29, 0.717) is 12.5 Å². The molecule has 0 heterocycles. The zero-order chi connectivity index (χ0) is 29.9. The first-order valence-corrected chi connectivity index (χ1v) is 13.9. The van der Waals surface area contributed by atoms with Crippen LogP contribution in [0.15, 0.2) is 23.0 Å². The number of aliphatic hydroxyl groups excluding tert-OH is 2. The monoisotopic (exact) mass is 578 g/mol. The number of halogens is 3. The Balaban J connectivity index is 1.55. The van der Waals surface area contributed by atoms with Gasteiger partial charge in [0, 0.05) is 24.5 Å². The number of hydrogen-bond donors (Lipinski definition) is 6. The quantitative estimate of drug-likeness (QED) is 0.228. The van der Waals surface area contributed by atoms with Crippen LogP contribution in [0.2, 0.25) is 0 Å². The van der Waals surface area contributed by atoms with Crippen LogP contribution in [-0.4, -0.2) is 50.0 Å². The lowest BCUT2D eigenvalue weighted by molar-refractivity contribution is -0.147. The largest absolute Gasteiger partial charge is 0.508 e. The smallest absolute Gasteiger partial charge is 0.417 e. The van der Waals surface area contributed by atoms with Gasteiger partial charge in [0.05, 0.1) is 11.1 Å². The molecule has 1 aromatic carbocycles. The van der Waals surface area contributed by atoms with Crippen molar-refractivity contribution in [3.63, 3.8) is 0 Å². The molecule has 5 rings (SSSR count). The van der Waals surface area contributed by atoms with Gasteiger partial charge in [-0.05, 0) is 61.3 Å². The Bertz CT molecular complexity index is 1380. The molecule has 4 aliphatic rings. The molecule has 0 aromatic heterocycles. The highest BCUT2D eigenvalue weighted by atomic mass is 19.4. The molecular weight excluding hydrogens is 545 g/mol. The maximum Gasteiger partial charge on any atom is 0.417 e. The first-order valence-electron chi connectivity index (χ1n) is 13.9. The summed E-state index contributed by atoms with van der Waals surface area (Å²) in [7, 11) is 0. The number of phenolic OH excluding ortho intramolecular Hbond substituents is 1. The zero-order valence-corrected chi connectivity index (χ0v) is 22.3. The summed E-state index contributed by atoms with van der Waals surface area (Å²) in [4.78, 5) is 37.8. The average molecular weight is 579 g/mol. The molecule has 3 atom stereocenters. The summed E-state index contributed by atoms with van der Waals surface area (Å²) in [6, 6.07) is 0.922. The van der Waals surface area contributed by atoms with E-state index in [0.717, 1.165) is 44.6 Å². The molecule has 12 heteroatoms. The maximum absolute atomic E-state index is 14.5. The summed E-state index contributed by atoms with van der Waals surface area (Å²) in [5, 5.41) is 47.0. The molecule has 7 N–H and O–H groups in total. The van der Waals surface area contributed by atoms with Gasteiger partial charge in [0.1, 0.15) is 22.8 Å². The van der Waals surface area contributed by atoms with E-state index in [1.807, 2.05) is 0 Å². The number of aromatic hydroxyl groups is 1. The number of benzene rings is 1. The Hall–Kier alpha value is -3.38. The molecule has 4 aliphatic carbocycles. The minimum atomic E-state index is -4.85. The summed E-state index contributed by atoms with van der Waals surface area (Å²) in [5.41, 5.74) is -1.20. The standard InChI is InChI=1S/C29H33F3N2O7/c30-29(31,32)23-15(12-34-11-13-5-3-1-2-4-6-13)9-18(35)21-17(23)8-14-7-16-10-19(36)22(27(33)40)26(39)28(16,41)25(38)20(14)24(21)37/h9,13-14,16,34-35,37,39,41H,1-8,10-12H2,(H2,33,40)/t14?,16-,28-/m0/s1. The number of Topliss-reactive ketones (excluding diaryl/α,β-unsaturated/α-hetero) is 2. The minimum absolute atomic E-state index is 0.168. The fraction of sp³-hybridized carbons (Fsp3) is 0.552. The summed E-state index contributed by atoms with van der Waals surface area (Å²) in [5.74, 6) is -8.33. The van der Waals surface area contributed by atoms with Crippen LogP contribution in [0.5, 0.6) is 5.75 Å². The van der Waals surface area contributed by atoms with Crippen LogP contribution in [-0.2, 0) is 33.5 Å². The highest BCUT2D eigenvalue weighted by Gasteiger charge is 2.60. The molecule has 0 spiro atoms. The molecular formula is C29H33F3N2O7. The highest BCUT2D eigenvalue weighted by Crippen LogP contribution is 2.54. The van der Waals surface area contributed by atoms with Gasteiger partial charge in [0.15, 0.2) is 11.4 Å². The van der Waals surface area contributed by atoms with Crippen molar-refractivity contribution >= 4 is 23.2 Å². The third kappa shape index (κ3) is 4.80. The Morgan fingerprint density at radius 1 is 1.07 bits per heavy atom. The molecule has 2 fully saturated rings. The first kappa shape index (κ1) is 29.1. The van der Waals surface area contributed by atoms with Gasteiger partial charge in [0.2, 0.25) is 5.78 Å². The Morgan fingerprint density at radius 2 is 1.73 bits per heavy atom. The van der Waals surface area contributed by atoms with E-state index >= 15 is 0 Å². The van der Waals surface area contributed by atoms with Crippen LogP contribution in [0.4, 0.5) is 13.2 Å². The number of phenols is 1. The first-order chi connectivity index (χ1) is 19.3. The number of nitrogens with two attached hydrogens (primary N) is 1. The van der Waals surface area contributed by atoms with E-state index in [1.165, 1.54) is 0 Å². The molecule has 1 aromatic rings. The molecule has 0 saturated heterocycles. The number of carbonyl (C=O) groups is 3. The van der Waals surface area contributed by atoms with Crippen molar-refractivity contribution in [1.29, 1.82) is 0 Å². The number of carbonyl (C=O) groups excluding carboxylic acids is 3. The number of fused-ring (bicyclic) bond motifs is 3. The molecule has 1 amide bonds. The fourth-order valence-electron chi connectivity index (χ4n) is 7.23. The van der Waals surface area contributed by atoms with E-state index < -0.39 is 93.5 Å². The van der Waals surface area contributed by atoms with Crippen LogP contribution in [0.3, 0.4) is 0 Å². The van der Waals surface area contributed by atoms with Crippen LogP contribution in [0.25, 0.3) is 5.76 Å². The van der Waals surface area contributed by atoms with Crippen molar-refractivity contribution in [1.82, 2.24) is 5.32 Å². The van der Waals surface area contributed by atoms with Crippen LogP contribution >= 0.6 is 0 Å². The lowest BCUT2D eigenvalue weighted by Gasteiger charge is -2.46. The van der Waals surface area contributed by atoms with Gasteiger partial charge in [-0.25, -0.2) is 0 Å². The lowest BCUT2D eigenvalue weighted by atomic mass is 9.59. The lowest BCUT2D eigenvalue weighted by Crippen LogP contribution is -2.58. The van der Waals surface area contributed by atoms with Gasteiger partial charge in [-0.1, -0.05) is 25.7 Å². The van der Waals surface area contributed by atoms with Crippen molar-refractivity contribution in [2.75, 3.05) is 6.54 Å². The number of alkyl halides is 3. The van der Waals surface area contributed by atoms with E-state index in [-0.39, 0.29) is 24.1 Å². The van der Waals surface area contributed by atoms with Crippen molar-refractivity contribution < 1.29 is 48.0 Å². The molecule has 0 aliphatic heterocycles. The molecule has 2 saturated carbocycles. The number of primary amides is 1. The van der Waals surface area contributed by atoms with Crippen molar-refractivity contribution in [3.05, 3.63) is 45.2 Å². The van der Waals surface area contributed by atoms with Crippen molar-refractivity contribution in [3.8, 4) is 5.75 Å². The number of hydrogen-bond acceptors (Lipinski definition) is 8. The van der Waals surface area contributed by atoms with Gasteiger partial charge in [-0.2, -0.15) is 13.2 Å². The number of ketones is 2. The SMILES string of the molecule is NC(=O)C1=C(O)[C@@]2(O)C(=O)C3=C(O)c4c(O)cc(CNCC5CCCCCC5)c(C(F)(F)F)c4CC3C[C@H]2CC1=O. The Kier molecular flexibility index (Phi) is 7.44. The van der Waals surface area contributed by atoms with Gasteiger partial charge < -0.3 is 31.5 Å². The third-order valence-electron chi connectivity index (χ3n) is 9.15. The predicted molar refractivity (Wildman–Crippen MR) is 139 cm³/mol. The van der Waals surface area contributed by atoms with Crippen molar-refractivity contribution in [2.24, 2.45) is 23.5 Å². The van der Waals surface area contributed by atoms with Gasteiger partial charge in [-0.3, -0.25) is 14.4 Å². The third-order valence-corrected chi connectivity index (χ3v) is 9.15. The van der Waals surface area contributed by atoms with E-state index in [1.54, 1.807) is 0 Å². The Labute approximate surface area is 233 Å². The highest BCUT2D eigenvalue weighted by molar-refractivity contribution is 6.22. The average Bonchev–Trinajstić information content (AvgIpc) is 3.14. The molecule has 9 nitrogen and oxygen atoms in total. The second-order valence-electron chi connectivity index (χ2n) is 11.7. The molecule has 222 valence electrons. The van der Waals surface area contributed by atoms with Gasteiger partial charge >= 0.3 is 6.18 Å². The second kappa shape index (κ2) is 10.5. The number of aliphatic hydroxyl groups is 3. The summed E-state index contributed by atoms with van der Waals surface area (Å²) < 4.78 is 43.6.